The van der Waals surface area contributed by atoms with Crippen LogP contribution in [0.15, 0.2) is 35.1 Å². The monoisotopic (exact) mass is 190 g/mol. The maximum absolute atomic E-state index is 5.69. The lowest BCUT2D eigenvalue weighted by Crippen LogP contribution is -2.03. The standard InChI is InChI=1S/C9H10N4O/c10-8-2-1-4-11-9(8)12-6-7-3-5-13-14-7/h1-5H,6,10H2,(H,11,12). The highest BCUT2D eigenvalue weighted by atomic mass is 16.5. The van der Waals surface area contributed by atoms with Gasteiger partial charge in [0.25, 0.3) is 0 Å². The number of rotatable bonds is 3. The Labute approximate surface area is 80.9 Å². The lowest BCUT2D eigenvalue weighted by atomic mass is 10.4. The van der Waals surface area contributed by atoms with E-state index >= 15 is 0 Å². The van der Waals surface area contributed by atoms with Crippen molar-refractivity contribution in [2.45, 2.75) is 6.54 Å². The summed E-state index contributed by atoms with van der Waals surface area (Å²) in [5.74, 6) is 1.40. The Morgan fingerprint density at radius 3 is 3.00 bits per heavy atom. The van der Waals surface area contributed by atoms with Gasteiger partial charge in [0.2, 0.25) is 0 Å². The fourth-order valence-electron chi connectivity index (χ4n) is 1.07. The van der Waals surface area contributed by atoms with Gasteiger partial charge in [0.1, 0.15) is 5.82 Å². The van der Waals surface area contributed by atoms with Crippen molar-refractivity contribution < 1.29 is 4.52 Å². The maximum Gasteiger partial charge on any atom is 0.155 e. The minimum Gasteiger partial charge on any atom is -0.396 e. The van der Waals surface area contributed by atoms with E-state index in [0.717, 1.165) is 5.76 Å². The molecule has 0 saturated carbocycles. The molecule has 0 aromatic carbocycles. The second-order valence-electron chi connectivity index (χ2n) is 2.77. The van der Waals surface area contributed by atoms with E-state index in [1.807, 2.05) is 0 Å². The first-order valence-corrected chi connectivity index (χ1v) is 4.20. The number of pyridine rings is 1. The SMILES string of the molecule is Nc1cccnc1NCc1ccno1. The summed E-state index contributed by atoms with van der Waals surface area (Å²) in [6.07, 6.45) is 3.28. The Bertz CT molecular complexity index is 399. The minimum atomic E-state index is 0.529. The Morgan fingerprint density at radius 1 is 1.36 bits per heavy atom. The average Bonchev–Trinajstić information content (AvgIpc) is 2.69. The zero-order chi connectivity index (χ0) is 9.80. The second kappa shape index (κ2) is 3.78. The molecule has 14 heavy (non-hydrogen) atoms. The third-order valence-corrected chi connectivity index (χ3v) is 1.76. The molecule has 5 heteroatoms. The average molecular weight is 190 g/mol. The van der Waals surface area contributed by atoms with Gasteiger partial charge in [0.05, 0.1) is 18.4 Å². The quantitative estimate of drug-likeness (QED) is 0.762. The van der Waals surface area contributed by atoms with Gasteiger partial charge in [-0.2, -0.15) is 0 Å². The fraction of sp³-hybridized carbons (Fsp3) is 0.111. The Balaban J connectivity index is 2.02. The first kappa shape index (κ1) is 8.55. The van der Waals surface area contributed by atoms with E-state index in [2.05, 4.69) is 15.5 Å². The molecule has 0 aliphatic rings. The Hall–Kier alpha value is -2.04. The van der Waals surface area contributed by atoms with Gasteiger partial charge < -0.3 is 15.6 Å². The van der Waals surface area contributed by atoms with Crippen LogP contribution < -0.4 is 11.1 Å². The van der Waals surface area contributed by atoms with Crippen LogP contribution in [-0.2, 0) is 6.54 Å². The molecule has 0 atom stereocenters. The van der Waals surface area contributed by atoms with Crippen LogP contribution in [0.4, 0.5) is 11.5 Å². The molecule has 0 bridgehead atoms. The van der Waals surface area contributed by atoms with Crippen LogP contribution in [-0.4, -0.2) is 10.1 Å². The number of aromatic nitrogens is 2. The number of nitrogens with zero attached hydrogens (tertiary/aromatic N) is 2. The van der Waals surface area contributed by atoms with Gasteiger partial charge in [0.15, 0.2) is 5.76 Å². The summed E-state index contributed by atoms with van der Waals surface area (Å²) in [5, 5.41) is 6.64. The van der Waals surface area contributed by atoms with Gasteiger partial charge >= 0.3 is 0 Å². The van der Waals surface area contributed by atoms with Crippen molar-refractivity contribution in [1.82, 2.24) is 10.1 Å². The van der Waals surface area contributed by atoms with Gasteiger partial charge in [-0.15, -0.1) is 0 Å². The summed E-state index contributed by atoms with van der Waals surface area (Å²) in [5.41, 5.74) is 6.31. The number of hydrogen-bond acceptors (Lipinski definition) is 5. The molecule has 3 N–H and O–H groups in total. The van der Waals surface area contributed by atoms with Crippen molar-refractivity contribution in [3.63, 3.8) is 0 Å². The van der Waals surface area contributed by atoms with Crippen molar-refractivity contribution >= 4 is 11.5 Å². The summed E-state index contributed by atoms with van der Waals surface area (Å²) < 4.78 is 4.91. The Kier molecular flexibility index (Phi) is 2.31. The Morgan fingerprint density at radius 2 is 2.29 bits per heavy atom. The first-order valence-electron chi connectivity index (χ1n) is 4.20. The number of nitrogens with two attached hydrogens (primary N) is 1. The lowest BCUT2D eigenvalue weighted by Gasteiger charge is -2.04. The molecule has 0 unspecified atom stereocenters. The first-order chi connectivity index (χ1) is 6.86. The predicted octanol–water partition coefficient (Wildman–Crippen LogP) is 1.26. The molecule has 0 saturated heterocycles. The number of anilines is 2. The molecule has 0 amide bonds. The van der Waals surface area contributed by atoms with Crippen LogP contribution in [0.25, 0.3) is 0 Å². The van der Waals surface area contributed by atoms with E-state index in [4.69, 9.17) is 10.3 Å². The molecule has 2 aromatic heterocycles. The second-order valence-corrected chi connectivity index (χ2v) is 2.77. The van der Waals surface area contributed by atoms with Gasteiger partial charge in [-0.1, -0.05) is 5.16 Å². The van der Waals surface area contributed by atoms with Crippen molar-refractivity contribution in [3.8, 4) is 0 Å². The molecular weight excluding hydrogens is 180 g/mol. The van der Waals surface area contributed by atoms with Crippen LogP contribution in [0.1, 0.15) is 5.76 Å². The van der Waals surface area contributed by atoms with Gasteiger partial charge in [-0.25, -0.2) is 4.98 Å². The van der Waals surface area contributed by atoms with E-state index in [1.54, 1.807) is 30.6 Å². The molecule has 2 heterocycles. The highest BCUT2D eigenvalue weighted by molar-refractivity contribution is 5.60. The van der Waals surface area contributed by atoms with Crippen molar-refractivity contribution in [2.24, 2.45) is 0 Å². The largest absolute Gasteiger partial charge is 0.396 e. The summed E-state index contributed by atoms with van der Waals surface area (Å²) in [6.45, 7) is 0.529. The minimum absolute atomic E-state index is 0.529. The number of nitrogen functional groups attached to an aromatic ring is 1. The van der Waals surface area contributed by atoms with Crippen LogP contribution in [0.3, 0.4) is 0 Å². The zero-order valence-corrected chi connectivity index (χ0v) is 7.47. The molecule has 0 radical (unpaired) electrons. The molecule has 2 aromatic rings. The van der Waals surface area contributed by atoms with Crippen molar-refractivity contribution in [2.75, 3.05) is 11.1 Å². The van der Waals surface area contributed by atoms with Crippen LogP contribution in [0.5, 0.6) is 0 Å². The fourth-order valence-corrected chi connectivity index (χ4v) is 1.07. The van der Waals surface area contributed by atoms with Crippen molar-refractivity contribution in [1.29, 1.82) is 0 Å². The van der Waals surface area contributed by atoms with Crippen molar-refractivity contribution in [3.05, 3.63) is 36.4 Å². The molecule has 0 aliphatic heterocycles. The summed E-state index contributed by atoms with van der Waals surface area (Å²) in [7, 11) is 0. The normalized spacial score (nSPS) is 10.0. The molecule has 0 aliphatic carbocycles. The highest BCUT2D eigenvalue weighted by Crippen LogP contribution is 2.13. The molecular formula is C9H10N4O. The summed E-state index contributed by atoms with van der Waals surface area (Å²) in [4.78, 5) is 4.08. The lowest BCUT2D eigenvalue weighted by molar-refractivity contribution is 0.388. The summed E-state index contributed by atoms with van der Waals surface area (Å²) in [6, 6.07) is 5.36. The third-order valence-electron chi connectivity index (χ3n) is 1.76. The zero-order valence-electron chi connectivity index (χ0n) is 7.47. The molecule has 0 spiro atoms. The van der Waals surface area contributed by atoms with Crippen LogP contribution >= 0.6 is 0 Å². The van der Waals surface area contributed by atoms with E-state index in [0.29, 0.717) is 18.1 Å². The van der Waals surface area contributed by atoms with E-state index in [9.17, 15) is 0 Å². The van der Waals surface area contributed by atoms with Gasteiger partial charge in [0, 0.05) is 12.3 Å². The molecule has 72 valence electrons. The smallest absolute Gasteiger partial charge is 0.155 e. The molecule has 2 rings (SSSR count). The van der Waals surface area contributed by atoms with E-state index in [-0.39, 0.29) is 0 Å². The van der Waals surface area contributed by atoms with Gasteiger partial charge in [-0.3, -0.25) is 0 Å². The topological polar surface area (TPSA) is 77.0 Å². The third kappa shape index (κ3) is 1.82. The van der Waals surface area contributed by atoms with Crippen LogP contribution in [0.2, 0.25) is 0 Å². The summed E-state index contributed by atoms with van der Waals surface area (Å²) >= 11 is 0. The van der Waals surface area contributed by atoms with E-state index < -0.39 is 0 Å². The predicted molar refractivity (Wildman–Crippen MR) is 52.5 cm³/mol. The maximum atomic E-state index is 5.69. The number of nitrogens with one attached hydrogen (secondary N) is 1. The molecule has 5 nitrogen and oxygen atoms in total. The number of hydrogen-bond donors (Lipinski definition) is 2. The van der Waals surface area contributed by atoms with E-state index in [1.165, 1.54) is 0 Å². The van der Waals surface area contributed by atoms with Gasteiger partial charge in [-0.05, 0) is 12.1 Å². The van der Waals surface area contributed by atoms with Crippen LogP contribution in [0, 0.1) is 0 Å². The molecule has 0 fully saturated rings. The highest BCUT2D eigenvalue weighted by Gasteiger charge is 2.00.